The van der Waals surface area contributed by atoms with Crippen molar-refractivity contribution in [3.63, 3.8) is 0 Å². The molecule has 0 saturated heterocycles. The van der Waals surface area contributed by atoms with Crippen molar-refractivity contribution in [2.75, 3.05) is 46.4 Å². The highest BCUT2D eigenvalue weighted by Crippen LogP contribution is 2.40. The number of carbonyl (C=O) groups is 5. The summed E-state index contributed by atoms with van der Waals surface area (Å²) < 4.78 is 18.3. The van der Waals surface area contributed by atoms with Gasteiger partial charge in [-0.25, -0.2) is 9.97 Å². The van der Waals surface area contributed by atoms with Gasteiger partial charge in [0.25, 0.3) is 5.91 Å². The molecule has 5 amide bonds. The van der Waals surface area contributed by atoms with E-state index in [9.17, 15) is 29.2 Å². The smallest absolute Gasteiger partial charge is 0.255 e. The number of ether oxygens (including phenoxy) is 3. The summed E-state index contributed by atoms with van der Waals surface area (Å²) in [7, 11) is 1.41. The molecule has 3 aromatic carbocycles. The number of benzene rings is 3. The fourth-order valence-corrected chi connectivity index (χ4v) is 7.86. The Morgan fingerprint density at radius 2 is 1.49 bits per heavy atom. The van der Waals surface area contributed by atoms with E-state index < -0.39 is 53.7 Å². The summed E-state index contributed by atoms with van der Waals surface area (Å²) in [6, 6.07) is 14.4. The Kier molecular flexibility index (Phi) is 18.7. The van der Waals surface area contributed by atoms with Gasteiger partial charge < -0.3 is 57.6 Å². The Morgan fingerprint density at radius 3 is 2.07 bits per heavy atom. The summed E-state index contributed by atoms with van der Waals surface area (Å²) in [6.07, 6.45) is 1.85. The van der Waals surface area contributed by atoms with E-state index in [0.29, 0.717) is 51.0 Å². The molecule has 362 valence electrons. The number of nitriles is 1. The van der Waals surface area contributed by atoms with Gasteiger partial charge in [-0.1, -0.05) is 26.0 Å². The first-order valence-electron chi connectivity index (χ1n) is 22.8. The minimum atomic E-state index is -1.41. The first-order chi connectivity index (χ1) is 32.7. The van der Waals surface area contributed by atoms with Gasteiger partial charge in [0.05, 0.1) is 29.1 Å². The van der Waals surface area contributed by atoms with Crippen molar-refractivity contribution in [2.24, 2.45) is 17.2 Å². The zero-order valence-electron chi connectivity index (χ0n) is 39.5. The van der Waals surface area contributed by atoms with Crippen LogP contribution < -0.4 is 52.7 Å². The fourth-order valence-electron chi connectivity index (χ4n) is 7.86. The summed E-state index contributed by atoms with van der Waals surface area (Å²) in [5, 5.41) is 19.9. The third-order valence-electron chi connectivity index (χ3n) is 11.4. The maximum absolute atomic E-state index is 14.7. The Bertz CT molecular complexity index is 2450. The summed E-state index contributed by atoms with van der Waals surface area (Å²) in [4.78, 5) is 81.1. The van der Waals surface area contributed by atoms with Crippen LogP contribution in [0.25, 0.3) is 22.5 Å². The van der Waals surface area contributed by atoms with E-state index in [-0.39, 0.29) is 63.9 Å². The molecule has 2 heterocycles. The quantitative estimate of drug-likeness (QED) is 0.0666. The van der Waals surface area contributed by atoms with Gasteiger partial charge in [0.1, 0.15) is 61.2 Å². The van der Waals surface area contributed by atoms with Crippen molar-refractivity contribution in [3.05, 3.63) is 88.7 Å². The zero-order valence-corrected chi connectivity index (χ0v) is 39.5. The zero-order chi connectivity index (χ0) is 49.5. The normalized spacial score (nSPS) is 16.3. The number of hydrogen-bond donors (Lipinski definition) is 7. The number of aromatic nitrogens is 2. The standard InChI is InChI=1S/C49H63N11O8/c1-7-34(8-2)68-35-13-10-32(11-14-35)44-55-28(3)42(29(4)56-44)47(63)58-38(17-18-50)49(65)60(6)43-33-12-16-41(67-24-21-53)37(27-33)36-25-31(9-15-40(36)66-23-20-52)26-39(46(62)54-22-19-51)59-45(61)30(5)57-48(43)64/h9-16,25,27,30,34,38-39,43H,7-8,17-18,20-24,26,50,52-53H2,1-6H3,(H,54,62)(H,57,64)(H,58,63)(H,59,61)/t30-,38?,39-,43-/m0/s1. The van der Waals surface area contributed by atoms with Crippen molar-refractivity contribution in [1.82, 2.24) is 36.1 Å². The number of aryl methyl sites for hydroxylation is 2. The number of nitrogens with two attached hydrogens (primary N) is 3. The molecule has 4 atom stereocenters. The molecule has 0 aliphatic carbocycles. The van der Waals surface area contributed by atoms with Crippen LogP contribution in [0.2, 0.25) is 0 Å². The largest absolute Gasteiger partial charge is 0.492 e. The third-order valence-corrected chi connectivity index (χ3v) is 11.4. The lowest BCUT2D eigenvalue weighted by molar-refractivity contribution is -0.141. The summed E-state index contributed by atoms with van der Waals surface area (Å²) >= 11 is 0. The molecule has 0 fully saturated rings. The van der Waals surface area contributed by atoms with Crippen LogP contribution in [0.5, 0.6) is 17.2 Å². The molecular weight excluding hydrogens is 871 g/mol. The molecule has 1 aliphatic heterocycles. The number of fused-ring (bicyclic) bond motifs is 5. The third kappa shape index (κ3) is 12.8. The van der Waals surface area contributed by atoms with E-state index in [0.717, 1.165) is 24.2 Å². The van der Waals surface area contributed by atoms with E-state index in [1.807, 2.05) is 30.3 Å². The van der Waals surface area contributed by atoms with Gasteiger partial charge in [-0.15, -0.1) is 0 Å². The fraction of sp³-hybridized carbons (Fsp3) is 0.429. The topological polar surface area (TPSA) is 292 Å². The highest BCUT2D eigenvalue weighted by atomic mass is 16.5. The molecule has 1 unspecified atom stereocenters. The summed E-state index contributed by atoms with van der Waals surface area (Å²) in [5.74, 6) is -1.48. The van der Waals surface area contributed by atoms with E-state index in [4.69, 9.17) is 31.4 Å². The lowest BCUT2D eigenvalue weighted by atomic mass is 9.93. The second kappa shape index (κ2) is 24.6. The Hall–Kier alpha value is -7.14. The van der Waals surface area contributed by atoms with Gasteiger partial charge in [0.2, 0.25) is 23.6 Å². The minimum absolute atomic E-state index is 0.00171. The van der Waals surface area contributed by atoms with Crippen LogP contribution in [-0.4, -0.2) is 115 Å². The van der Waals surface area contributed by atoms with Gasteiger partial charge in [-0.2, -0.15) is 5.26 Å². The number of hydrogen-bond acceptors (Lipinski definition) is 14. The first-order valence-corrected chi connectivity index (χ1v) is 22.8. The van der Waals surface area contributed by atoms with Crippen molar-refractivity contribution in [3.8, 4) is 45.8 Å². The molecule has 0 saturated carbocycles. The molecule has 10 N–H and O–H groups in total. The van der Waals surface area contributed by atoms with Crippen LogP contribution in [0, 0.1) is 25.2 Å². The lowest BCUT2D eigenvalue weighted by Gasteiger charge is -2.32. The average Bonchev–Trinajstić information content (AvgIpc) is 3.32. The molecule has 5 rings (SSSR count). The van der Waals surface area contributed by atoms with Crippen LogP contribution in [-0.2, 0) is 25.6 Å². The second-order valence-electron chi connectivity index (χ2n) is 16.4. The molecule has 19 nitrogen and oxygen atoms in total. The van der Waals surface area contributed by atoms with E-state index >= 15 is 0 Å². The Labute approximate surface area is 396 Å². The Balaban J connectivity index is 1.54. The maximum Gasteiger partial charge on any atom is 0.255 e. The molecule has 1 aromatic heterocycles. The van der Waals surface area contributed by atoms with Crippen molar-refractivity contribution in [1.29, 1.82) is 5.26 Å². The highest BCUT2D eigenvalue weighted by Gasteiger charge is 2.36. The average molecular weight is 934 g/mol. The van der Waals surface area contributed by atoms with Gasteiger partial charge in [-0.3, -0.25) is 24.0 Å². The lowest BCUT2D eigenvalue weighted by Crippen LogP contribution is -2.56. The van der Waals surface area contributed by atoms with E-state index in [2.05, 4.69) is 45.1 Å². The number of carbonyl (C=O) groups excluding carboxylic acids is 5. The highest BCUT2D eigenvalue weighted by molar-refractivity contribution is 6.00. The van der Waals surface area contributed by atoms with Crippen LogP contribution in [0.15, 0.2) is 60.7 Å². The second-order valence-corrected chi connectivity index (χ2v) is 16.4. The van der Waals surface area contributed by atoms with Gasteiger partial charge >= 0.3 is 0 Å². The number of rotatable bonds is 19. The molecule has 0 spiro atoms. The van der Waals surface area contributed by atoms with Crippen LogP contribution in [0.3, 0.4) is 0 Å². The first kappa shape index (κ1) is 51.8. The molecule has 1 aliphatic rings. The number of nitrogens with one attached hydrogen (secondary N) is 4. The van der Waals surface area contributed by atoms with Gasteiger partial charge in [0.15, 0.2) is 5.82 Å². The molecule has 4 bridgehead atoms. The molecule has 68 heavy (non-hydrogen) atoms. The van der Waals surface area contributed by atoms with Crippen molar-refractivity contribution in [2.45, 2.75) is 90.6 Å². The van der Waals surface area contributed by atoms with E-state index in [1.54, 1.807) is 50.2 Å². The maximum atomic E-state index is 14.7. The monoisotopic (exact) mass is 933 g/mol. The number of likely N-dealkylation sites (N-methyl/N-ethyl adjacent to an activating group) is 1. The van der Waals surface area contributed by atoms with E-state index in [1.165, 1.54) is 18.9 Å². The SMILES string of the molecule is CCC(CC)Oc1ccc(-c2nc(C)c(C(=O)NC(CCN)C(=O)N(C)[C@@H]3C(=O)N[C@@H](C)C(=O)N[C@H](C(=O)NCC#N)Cc4ccc(OCCN)c(c4)-c4cc3ccc4OCCN)c(C)n2)cc1. The predicted molar refractivity (Wildman–Crippen MR) is 255 cm³/mol. The van der Waals surface area contributed by atoms with Crippen LogP contribution in [0.1, 0.15) is 78.9 Å². The van der Waals surface area contributed by atoms with Gasteiger partial charge in [-0.05, 0) is 106 Å². The minimum Gasteiger partial charge on any atom is -0.492 e. The number of amides is 5. The van der Waals surface area contributed by atoms with Crippen molar-refractivity contribution < 1.29 is 38.2 Å². The predicted octanol–water partition coefficient (Wildman–Crippen LogP) is 2.50. The summed E-state index contributed by atoms with van der Waals surface area (Å²) in [5.41, 5.74) is 21.2. The Morgan fingerprint density at radius 1 is 0.868 bits per heavy atom. The molecule has 19 heteroatoms. The summed E-state index contributed by atoms with van der Waals surface area (Å²) in [6.45, 7) is 9.29. The van der Waals surface area contributed by atoms with Crippen LogP contribution >= 0.6 is 0 Å². The van der Waals surface area contributed by atoms with Gasteiger partial charge in [0, 0.05) is 43.2 Å². The molecule has 4 aromatic rings. The molecular formula is C49H63N11O8. The van der Waals surface area contributed by atoms with Crippen molar-refractivity contribution >= 4 is 29.5 Å². The number of nitrogens with zero attached hydrogens (tertiary/aromatic N) is 4. The van der Waals surface area contributed by atoms with Crippen LogP contribution in [0.4, 0.5) is 0 Å². The molecule has 0 radical (unpaired) electrons.